The van der Waals surface area contributed by atoms with Crippen LogP contribution in [0.5, 0.6) is 0 Å². The number of ketones is 1. The molecular formula is C24H29N3O3. The summed E-state index contributed by atoms with van der Waals surface area (Å²) >= 11 is 0. The smallest absolute Gasteiger partial charge is 0.306 e. The Hall–Kier alpha value is -3.15. The molecule has 1 aromatic carbocycles. The molecule has 0 bridgehead atoms. The van der Waals surface area contributed by atoms with Gasteiger partial charge in [-0.15, -0.1) is 0 Å². The number of anilines is 1. The highest BCUT2D eigenvalue weighted by Gasteiger charge is 2.14. The summed E-state index contributed by atoms with van der Waals surface area (Å²) in [5, 5.41) is 3.53. The minimum absolute atomic E-state index is 0.0218. The molecule has 2 aromatic heterocycles. The van der Waals surface area contributed by atoms with Crippen LogP contribution in [0, 0.1) is 13.8 Å². The fraction of sp³-hybridized carbons (Fsp3) is 0.375. The van der Waals surface area contributed by atoms with Gasteiger partial charge in [0.05, 0.1) is 17.8 Å². The summed E-state index contributed by atoms with van der Waals surface area (Å²) in [7, 11) is 0. The lowest BCUT2D eigenvalue weighted by atomic mass is 10.00. The maximum absolute atomic E-state index is 11.8. The topological polar surface area (TPSA) is 72.7 Å². The molecule has 0 radical (unpaired) electrons. The van der Waals surface area contributed by atoms with Gasteiger partial charge in [0.15, 0.2) is 5.65 Å². The SMILES string of the molecule is CCc1cccc(C)c1CNc1cccn2c(C)c(COC(=O)CCC(C)=O)nc12. The highest BCUT2D eigenvalue weighted by molar-refractivity contribution is 5.81. The number of Topliss-reactive ketones (excluding diaryl/α,β-unsaturated/α-hetero) is 1. The first-order valence-electron chi connectivity index (χ1n) is 10.3. The third kappa shape index (κ3) is 4.87. The van der Waals surface area contributed by atoms with Crippen molar-refractivity contribution in [3.8, 4) is 0 Å². The number of ether oxygens (including phenoxy) is 1. The van der Waals surface area contributed by atoms with Gasteiger partial charge in [0, 0.05) is 24.9 Å². The largest absolute Gasteiger partial charge is 0.459 e. The van der Waals surface area contributed by atoms with E-state index >= 15 is 0 Å². The minimum Gasteiger partial charge on any atom is -0.459 e. The molecule has 6 heteroatoms. The Kier molecular flexibility index (Phi) is 6.87. The molecule has 0 spiro atoms. The van der Waals surface area contributed by atoms with Crippen molar-refractivity contribution in [3.05, 3.63) is 64.6 Å². The van der Waals surface area contributed by atoms with Gasteiger partial charge in [-0.3, -0.25) is 4.79 Å². The second-order valence-corrected chi connectivity index (χ2v) is 7.54. The number of nitrogens with zero attached hydrogens (tertiary/aromatic N) is 2. The molecule has 0 amide bonds. The predicted molar refractivity (Wildman–Crippen MR) is 118 cm³/mol. The predicted octanol–water partition coefficient (Wildman–Crippen LogP) is 4.54. The highest BCUT2D eigenvalue weighted by atomic mass is 16.5. The third-order valence-electron chi connectivity index (χ3n) is 5.38. The van der Waals surface area contributed by atoms with Crippen LogP contribution in [-0.4, -0.2) is 21.1 Å². The van der Waals surface area contributed by atoms with Crippen molar-refractivity contribution in [1.29, 1.82) is 0 Å². The van der Waals surface area contributed by atoms with E-state index in [1.54, 1.807) is 0 Å². The molecule has 0 aliphatic rings. The second-order valence-electron chi connectivity index (χ2n) is 7.54. The zero-order chi connectivity index (χ0) is 21.7. The average molecular weight is 408 g/mol. The Labute approximate surface area is 177 Å². The molecule has 3 rings (SSSR count). The lowest BCUT2D eigenvalue weighted by Crippen LogP contribution is -2.07. The van der Waals surface area contributed by atoms with Gasteiger partial charge in [0.25, 0.3) is 0 Å². The number of esters is 1. The quantitative estimate of drug-likeness (QED) is 0.527. The van der Waals surface area contributed by atoms with Gasteiger partial charge >= 0.3 is 5.97 Å². The third-order valence-corrected chi connectivity index (χ3v) is 5.38. The number of carbonyl (C=O) groups excluding carboxylic acids is 2. The van der Waals surface area contributed by atoms with Crippen LogP contribution in [0.2, 0.25) is 0 Å². The molecule has 0 fully saturated rings. The molecule has 1 N–H and O–H groups in total. The Morgan fingerprint density at radius 1 is 1.13 bits per heavy atom. The second kappa shape index (κ2) is 9.57. The van der Waals surface area contributed by atoms with Crippen LogP contribution in [0.1, 0.15) is 54.8 Å². The van der Waals surface area contributed by atoms with Gasteiger partial charge in [-0.1, -0.05) is 25.1 Å². The fourth-order valence-electron chi connectivity index (χ4n) is 3.54. The number of nitrogens with one attached hydrogen (secondary N) is 1. The maximum atomic E-state index is 11.8. The van der Waals surface area contributed by atoms with E-state index < -0.39 is 0 Å². The van der Waals surface area contributed by atoms with Crippen molar-refractivity contribution in [1.82, 2.24) is 9.38 Å². The molecule has 0 aliphatic heterocycles. The Balaban J connectivity index is 1.77. The van der Waals surface area contributed by atoms with E-state index in [-0.39, 0.29) is 31.2 Å². The number of fused-ring (bicyclic) bond motifs is 1. The average Bonchev–Trinajstić information content (AvgIpc) is 3.06. The molecule has 6 nitrogen and oxygen atoms in total. The van der Waals surface area contributed by atoms with Crippen molar-refractivity contribution >= 4 is 23.1 Å². The van der Waals surface area contributed by atoms with E-state index in [4.69, 9.17) is 9.72 Å². The number of benzene rings is 1. The van der Waals surface area contributed by atoms with E-state index in [2.05, 4.69) is 37.4 Å². The van der Waals surface area contributed by atoms with Gasteiger partial charge in [0.2, 0.25) is 0 Å². The summed E-state index contributed by atoms with van der Waals surface area (Å²) in [6.45, 7) is 8.54. The van der Waals surface area contributed by atoms with Gasteiger partial charge < -0.3 is 19.2 Å². The summed E-state index contributed by atoms with van der Waals surface area (Å²) in [6, 6.07) is 10.4. The standard InChI is InChI=1S/C24H29N3O3/c1-5-19-9-6-8-16(2)20(19)14-25-21-10-7-13-27-18(4)22(26-24(21)27)15-30-23(29)12-11-17(3)28/h6-10,13,25H,5,11-12,14-15H2,1-4H3. The molecule has 3 aromatic rings. The van der Waals surface area contributed by atoms with Gasteiger partial charge in [-0.2, -0.15) is 0 Å². The number of aryl methyl sites for hydroxylation is 3. The molecule has 0 saturated carbocycles. The van der Waals surface area contributed by atoms with Crippen LogP contribution in [0.4, 0.5) is 5.69 Å². The van der Waals surface area contributed by atoms with Crippen LogP contribution in [0.15, 0.2) is 36.5 Å². The van der Waals surface area contributed by atoms with Crippen molar-refractivity contribution < 1.29 is 14.3 Å². The molecule has 158 valence electrons. The van der Waals surface area contributed by atoms with Crippen molar-refractivity contribution in [2.75, 3.05) is 5.32 Å². The Morgan fingerprint density at radius 2 is 1.93 bits per heavy atom. The first-order valence-corrected chi connectivity index (χ1v) is 10.3. The van der Waals surface area contributed by atoms with Gasteiger partial charge in [-0.05, 0) is 56.0 Å². The molecule has 2 heterocycles. The number of pyridine rings is 1. The summed E-state index contributed by atoms with van der Waals surface area (Å²) in [5.41, 5.74) is 7.30. The summed E-state index contributed by atoms with van der Waals surface area (Å²) < 4.78 is 7.32. The zero-order valence-corrected chi connectivity index (χ0v) is 18.1. The van der Waals surface area contributed by atoms with Crippen LogP contribution < -0.4 is 5.32 Å². The first kappa shape index (κ1) is 21.6. The van der Waals surface area contributed by atoms with Gasteiger partial charge in [-0.25, -0.2) is 4.98 Å². The number of imidazole rings is 1. The zero-order valence-electron chi connectivity index (χ0n) is 18.1. The highest BCUT2D eigenvalue weighted by Crippen LogP contribution is 2.23. The van der Waals surface area contributed by atoms with Crippen molar-refractivity contribution in [2.24, 2.45) is 0 Å². The van der Waals surface area contributed by atoms with Crippen LogP contribution in [0.25, 0.3) is 5.65 Å². The van der Waals surface area contributed by atoms with E-state index in [0.717, 1.165) is 30.0 Å². The van der Waals surface area contributed by atoms with E-state index in [1.807, 2.05) is 29.7 Å². The minimum atomic E-state index is -0.383. The van der Waals surface area contributed by atoms with E-state index in [0.29, 0.717) is 5.69 Å². The fourth-order valence-corrected chi connectivity index (χ4v) is 3.54. The molecule has 0 saturated heterocycles. The lowest BCUT2D eigenvalue weighted by molar-refractivity contribution is -0.146. The number of rotatable bonds is 9. The number of aromatic nitrogens is 2. The van der Waals surface area contributed by atoms with Crippen molar-refractivity contribution in [2.45, 2.75) is 60.1 Å². The first-order chi connectivity index (χ1) is 14.4. The van der Waals surface area contributed by atoms with E-state index in [1.165, 1.54) is 23.6 Å². The monoisotopic (exact) mass is 407 g/mol. The van der Waals surface area contributed by atoms with E-state index in [9.17, 15) is 9.59 Å². The molecule has 0 atom stereocenters. The van der Waals surface area contributed by atoms with Crippen LogP contribution >= 0.6 is 0 Å². The van der Waals surface area contributed by atoms with Crippen molar-refractivity contribution in [3.63, 3.8) is 0 Å². The number of hydrogen-bond acceptors (Lipinski definition) is 5. The maximum Gasteiger partial charge on any atom is 0.306 e. The molecule has 0 unspecified atom stereocenters. The summed E-state index contributed by atoms with van der Waals surface area (Å²) in [6.07, 6.45) is 3.25. The summed E-state index contributed by atoms with van der Waals surface area (Å²) in [4.78, 5) is 27.6. The molecule has 30 heavy (non-hydrogen) atoms. The normalized spacial score (nSPS) is 10.9. The molecular weight excluding hydrogens is 378 g/mol. The lowest BCUT2D eigenvalue weighted by Gasteiger charge is -2.14. The summed E-state index contributed by atoms with van der Waals surface area (Å²) in [5.74, 6) is -0.405. The van der Waals surface area contributed by atoms with Crippen LogP contribution in [0.3, 0.4) is 0 Å². The Morgan fingerprint density at radius 3 is 2.67 bits per heavy atom. The number of carbonyl (C=O) groups is 2. The van der Waals surface area contributed by atoms with Crippen LogP contribution in [-0.2, 0) is 33.9 Å². The van der Waals surface area contributed by atoms with Gasteiger partial charge in [0.1, 0.15) is 12.4 Å². The Bertz CT molecular complexity index is 1070. The molecule has 0 aliphatic carbocycles. The number of hydrogen-bond donors (Lipinski definition) is 1.